The number of nitrogens with zero attached hydrogens (tertiary/aromatic N) is 2. The van der Waals surface area contributed by atoms with Crippen molar-refractivity contribution in [3.8, 4) is 0 Å². The predicted octanol–water partition coefficient (Wildman–Crippen LogP) is 1.76. The lowest BCUT2D eigenvalue weighted by Crippen LogP contribution is -2.42. The Morgan fingerprint density at radius 2 is 2.29 bits per heavy atom. The molecule has 1 aromatic heterocycles. The number of aromatic nitrogens is 2. The highest BCUT2D eigenvalue weighted by Gasteiger charge is 2.20. The summed E-state index contributed by atoms with van der Waals surface area (Å²) in [5.74, 6) is 0.933. The average molecular weight is 255 g/mol. The standard InChI is InChI=1S/C12H21N3OS/c1-3-12(13,9-16)6-4-8-17-11-14-7-5-10(2)15-11/h5,7,16H,3-4,6,8-9,13H2,1-2H3. The molecule has 0 radical (unpaired) electrons. The van der Waals surface area contributed by atoms with E-state index in [4.69, 9.17) is 5.73 Å². The normalized spacial score (nSPS) is 14.6. The number of aliphatic hydroxyl groups excluding tert-OH is 1. The first-order valence-electron chi connectivity index (χ1n) is 5.92. The van der Waals surface area contributed by atoms with Crippen molar-refractivity contribution >= 4 is 11.8 Å². The molecule has 3 N–H and O–H groups in total. The second-order valence-electron chi connectivity index (χ2n) is 4.31. The van der Waals surface area contributed by atoms with E-state index in [1.165, 1.54) is 0 Å². The largest absolute Gasteiger partial charge is 0.394 e. The van der Waals surface area contributed by atoms with Crippen LogP contribution in [0.4, 0.5) is 0 Å². The Morgan fingerprint density at radius 1 is 1.53 bits per heavy atom. The fourth-order valence-electron chi connectivity index (χ4n) is 1.45. The van der Waals surface area contributed by atoms with Crippen LogP contribution in [-0.2, 0) is 0 Å². The summed E-state index contributed by atoms with van der Waals surface area (Å²) in [7, 11) is 0. The SMILES string of the molecule is CCC(N)(CO)CCCSc1nccc(C)n1. The molecule has 0 aliphatic heterocycles. The fourth-order valence-corrected chi connectivity index (χ4v) is 2.27. The smallest absolute Gasteiger partial charge is 0.187 e. The van der Waals surface area contributed by atoms with Crippen molar-refractivity contribution in [2.45, 2.75) is 43.8 Å². The van der Waals surface area contributed by atoms with Gasteiger partial charge in [0.1, 0.15) is 0 Å². The lowest BCUT2D eigenvalue weighted by Gasteiger charge is -2.25. The fraction of sp³-hybridized carbons (Fsp3) is 0.667. The van der Waals surface area contributed by atoms with E-state index in [1.807, 2.05) is 19.9 Å². The van der Waals surface area contributed by atoms with E-state index < -0.39 is 5.54 Å². The van der Waals surface area contributed by atoms with Crippen LogP contribution >= 0.6 is 11.8 Å². The number of aryl methyl sites for hydroxylation is 1. The molecular weight excluding hydrogens is 234 g/mol. The first kappa shape index (κ1) is 14.4. The summed E-state index contributed by atoms with van der Waals surface area (Å²) in [6.07, 6.45) is 4.37. The molecule has 0 saturated carbocycles. The maximum atomic E-state index is 9.18. The molecular formula is C12H21N3OS. The summed E-state index contributed by atoms with van der Waals surface area (Å²) in [4.78, 5) is 8.50. The van der Waals surface area contributed by atoms with E-state index in [1.54, 1.807) is 18.0 Å². The third-order valence-electron chi connectivity index (χ3n) is 2.84. The average Bonchev–Trinajstić information content (AvgIpc) is 2.34. The van der Waals surface area contributed by atoms with Crippen LogP contribution in [0.5, 0.6) is 0 Å². The Hall–Kier alpha value is -0.650. The van der Waals surface area contributed by atoms with Crippen LogP contribution < -0.4 is 5.73 Å². The van der Waals surface area contributed by atoms with Crippen molar-refractivity contribution in [3.63, 3.8) is 0 Å². The molecule has 0 saturated heterocycles. The minimum atomic E-state index is -0.423. The molecule has 0 amide bonds. The van der Waals surface area contributed by atoms with Crippen LogP contribution in [0.25, 0.3) is 0 Å². The van der Waals surface area contributed by atoms with Gasteiger partial charge in [0.15, 0.2) is 5.16 Å². The van der Waals surface area contributed by atoms with E-state index in [9.17, 15) is 5.11 Å². The number of rotatable bonds is 7. The van der Waals surface area contributed by atoms with E-state index >= 15 is 0 Å². The van der Waals surface area contributed by atoms with Crippen LogP contribution in [0.1, 0.15) is 31.9 Å². The van der Waals surface area contributed by atoms with Crippen molar-refractivity contribution in [2.75, 3.05) is 12.4 Å². The van der Waals surface area contributed by atoms with Gasteiger partial charge >= 0.3 is 0 Å². The molecule has 0 spiro atoms. The minimum Gasteiger partial charge on any atom is -0.394 e. The second kappa shape index (κ2) is 6.93. The molecule has 96 valence electrons. The van der Waals surface area contributed by atoms with E-state index in [-0.39, 0.29) is 6.61 Å². The van der Waals surface area contributed by atoms with Gasteiger partial charge in [0.25, 0.3) is 0 Å². The van der Waals surface area contributed by atoms with Gasteiger partial charge in [-0.25, -0.2) is 9.97 Å². The molecule has 0 bridgehead atoms. The molecule has 17 heavy (non-hydrogen) atoms. The highest BCUT2D eigenvalue weighted by Crippen LogP contribution is 2.19. The maximum Gasteiger partial charge on any atom is 0.187 e. The summed E-state index contributed by atoms with van der Waals surface area (Å²) < 4.78 is 0. The highest BCUT2D eigenvalue weighted by molar-refractivity contribution is 7.99. The molecule has 4 nitrogen and oxygen atoms in total. The summed E-state index contributed by atoms with van der Waals surface area (Å²) in [5, 5.41) is 9.99. The first-order chi connectivity index (χ1) is 8.09. The summed E-state index contributed by atoms with van der Waals surface area (Å²) in [6, 6.07) is 1.89. The summed E-state index contributed by atoms with van der Waals surface area (Å²) in [6.45, 7) is 4.02. The number of aliphatic hydroxyl groups is 1. The molecule has 1 unspecified atom stereocenters. The molecule has 1 atom stereocenters. The molecule has 0 aromatic carbocycles. The first-order valence-corrected chi connectivity index (χ1v) is 6.90. The zero-order valence-electron chi connectivity index (χ0n) is 10.5. The van der Waals surface area contributed by atoms with Gasteiger partial charge < -0.3 is 10.8 Å². The number of hydrogen-bond acceptors (Lipinski definition) is 5. The van der Waals surface area contributed by atoms with Crippen LogP contribution in [0.15, 0.2) is 17.4 Å². The molecule has 5 heteroatoms. The lowest BCUT2D eigenvalue weighted by atomic mass is 9.93. The summed E-state index contributed by atoms with van der Waals surface area (Å²) in [5.41, 5.74) is 6.57. The van der Waals surface area contributed by atoms with Gasteiger partial charge in [-0.1, -0.05) is 18.7 Å². The van der Waals surface area contributed by atoms with Gasteiger partial charge in [-0.15, -0.1) is 0 Å². The predicted molar refractivity (Wildman–Crippen MR) is 71.0 cm³/mol. The van der Waals surface area contributed by atoms with Crippen LogP contribution in [0, 0.1) is 6.92 Å². The van der Waals surface area contributed by atoms with Gasteiger partial charge in [-0.2, -0.15) is 0 Å². The van der Waals surface area contributed by atoms with Gasteiger partial charge in [0.05, 0.1) is 6.61 Å². The third kappa shape index (κ3) is 5.02. The van der Waals surface area contributed by atoms with Crippen LogP contribution in [-0.4, -0.2) is 33.0 Å². The molecule has 1 heterocycles. The Labute approximate surface area is 107 Å². The Kier molecular flexibility index (Phi) is 5.88. The van der Waals surface area contributed by atoms with Crippen molar-refractivity contribution in [1.82, 2.24) is 9.97 Å². The van der Waals surface area contributed by atoms with E-state index in [0.29, 0.717) is 0 Å². The van der Waals surface area contributed by atoms with Gasteiger partial charge in [-0.3, -0.25) is 0 Å². The van der Waals surface area contributed by atoms with Gasteiger partial charge in [-0.05, 0) is 32.3 Å². The quantitative estimate of drug-likeness (QED) is 0.441. The maximum absolute atomic E-state index is 9.18. The van der Waals surface area contributed by atoms with Crippen LogP contribution in [0.2, 0.25) is 0 Å². The number of hydrogen-bond donors (Lipinski definition) is 2. The number of thioether (sulfide) groups is 1. The van der Waals surface area contributed by atoms with E-state index in [2.05, 4.69) is 9.97 Å². The molecule has 0 aliphatic rings. The molecule has 0 aliphatic carbocycles. The molecule has 0 fully saturated rings. The molecule has 1 rings (SSSR count). The molecule has 1 aromatic rings. The van der Waals surface area contributed by atoms with Crippen molar-refractivity contribution in [2.24, 2.45) is 5.73 Å². The topological polar surface area (TPSA) is 72.0 Å². The summed E-state index contributed by atoms with van der Waals surface area (Å²) >= 11 is 1.64. The second-order valence-corrected chi connectivity index (χ2v) is 5.37. The van der Waals surface area contributed by atoms with Crippen LogP contribution in [0.3, 0.4) is 0 Å². The Balaban J connectivity index is 2.29. The Bertz CT molecular complexity index is 342. The van der Waals surface area contributed by atoms with Gasteiger partial charge in [0.2, 0.25) is 0 Å². The van der Waals surface area contributed by atoms with Crippen molar-refractivity contribution in [3.05, 3.63) is 18.0 Å². The van der Waals surface area contributed by atoms with Crippen molar-refractivity contribution in [1.29, 1.82) is 0 Å². The zero-order valence-corrected chi connectivity index (χ0v) is 11.3. The van der Waals surface area contributed by atoms with E-state index in [0.717, 1.165) is 35.9 Å². The third-order valence-corrected chi connectivity index (χ3v) is 3.79. The highest BCUT2D eigenvalue weighted by atomic mass is 32.2. The minimum absolute atomic E-state index is 0.0507. The zero-order chi connectivity index (χ0) is 12.7. The van der Waals surface area contributed by atoms with Crippen molar-refractivity contribution < 1.29 is 5.11 Å². The monoisotopic (exact) mass is 255 g/mol. The lowest BCUT2D eigenvalue weighted by molar-refractivity contribution is 0.182. The number of nitrogens with two attached hydrogens (primary N) is 1. The Morgan fingerprint density at radius 3 is 2.88 bits per heavy atom. The van der Waals surface area contributed by atoms with Gasteiger partial charge in [0, 0.05) is 23.2 Å².